The minimum Gasteiger partial charge on any atom is -0.462 e. The van der Waals surface area contributed by atoms with E-state index in [4.69, 9.17) is 14.2 Å². The van der Waals surface area contributed by atoms with E-state index >= 15 is 0 Å². The molecular weight excluding hydrogens is 1020 g/mol. The molecule has 0 aliphatic carbocycles. The number of carbonyl (C=O) groups excluding carboxylic acids is 3. The van der Waals surface area contributed by atoms with Crippen LogP contribution in [-0.2, 0) is 28.6 Å². The summed E-state index contributed by atoms with van der Waals surface area (Å²) in [6.07, 6.45) is 100. The third-order valence-corrected chi connectivity index (χ3v) is 14.3. The number of unbranched alkanes of at least 4 members (excludes halogenated alkanes) is 26. The molecular formula is C77H126O6. The number of allylic oxidation sites excluding steroid dienone is 24. The van der Waals surface area contributed by atoms with Gasteiger partial charge in [0.25, 0.3) is 0 Å². The quantitative estimate of drug-likeness (QED) is 0.0261. The molecule has 6 heteroatoms. The van der Waals surface area contributed by atoms with E-state index in [9.17, 15) is 14.4 Å². The third-order valence-electron chi connectivity index (χ3n) is 14.3. The largest absolute Gasteiger partial charge is 0.462 e. The zero-order valence-electron chi connectivity index (χ0n) is 53.9. The van der Waals surface area contributed by atoms with Crippen LogP contribution in [0.4, 0.5) is 0 Å². The summed E-state index contributed by atoms with van der Waals surface area (Å²) in [5.74, 6) is -0.951. The van der Waals surface area contributed by atoms with Crippen molar-refractivity contribution < 1.29 is 28.6 Å². The van der Waals surface area contributed by atoms with Crippen LogP contribution in [0.15, 0.2) is 146 Å². The van der Waals surface area contributed by atoms with E-state index in [1.54, 1.807) is 0 Å². The summed E-state index contributed by atoms with van der Waals surface area (Å²) in [6, 6.07) is 0. The van der Waals surface area contributed by atoms with Crippen molar-refractivity contribution in [2.45, 2.75) is 309 Å². The van der Waals surface area contributed by atoms with Crippen LogP contribution < -0.4 is 0 Å². The highest BCUT2D eigenvalue weighted by molar-refractivity contribution is 5.71. The lowest BCUT2D eigenvalue weighted by atomic mass is 10.0. The minimum atomic E-state index is -0.812. The van der Waals surface area contributed by atoms with Crippen LogP contribution in [0.25, 0.3) is 0 Å². The molecule has 0 amide bonds. The Labute approximate surface area is 512 Å². The Morgan fingerprint density at radius 2 is 0.470 bits per heavy atom. The topological polar surface area (TPSA) is 78.9 Å². The SMILES string of the molecule is CC/C=C\C/C=C\C/C=C\C/C=C\C/C=C\C/C=C\CCCCC(=O)OC(COC(=O)CCCCCCC/C=C\CCCCCCCC)COC(=O)CCCCCCCCCCCCCCC/C=C\C/C=C\C/C=C\C/C=C\C/C=C\CC. The standard InChI is InChI=1S/C77H126O6/c1-4-7-10-13-16-19-22-25-28-30-32-34-35-36-37-38-39-40-41-43-44-46-49-52-55-58-61-64-67-70-76(79)82-73-74(72-81-75(78)69-66-63-60-57-54-51-48-27-24-21-18-15-12-9-6-3)83-77(80)71-68-65-62-59-56-53-50-47-45-42-33-31-29-26-23-20-17-14-11-8-5-2/h7-8,10-11,16-17,19-20,25-29,32-34,36-37,42,47-48,50,56,59,74H,4-6,9,12-15,18,21-24,30-31,35,38-41,43-46,49,51-55,57-58,60-73H2,1-3H3/b10-7-,11-8-,19-16-,20-17-,28-25-,29-26-,34-32-,37-36-,42-33-,48-27-,50-47-,59-56-. The zero-order chi connectivity index (χ0) is 59.9. The summed E-state index contributed by atoms with van der Waals surface area (Å²) in [5.41, 5.74) is 0. The summed E-state index contributed by atoms with van der Waals surface area (Å²) < 4.78 is 16.9. The lowest BCUT2D eigenvalue weighted by Crippen LogP contribution is -2.30. The molecule has 6 nitrogen and oxygen atoms in total. The minimum absolute atomic E-state index is 0.102. The summed E-state index contributed by atoms with van der Waals surface area (Å²) in [5, 5.41) is 0. The highest BCUT2D eigenvalue weighted by atomic mass is 16.6. The maximum atomic E-state index is 12.9. The molecule has 0 aromatic carbocycles. The summed E-state index contributed by atoms with van der Waals surface area (Å²) >= 11 is 0. The molecule has 1 atom stereocenters. The van der Waals surface area contributed by atoms with Crippen molar-refractivity contribution in [3.05, 3.63) is 146 Å². The van der Waals surface area contributed by atoms with Crippen LogP contribution in [0.5, 0.6) is 0 Å². The highest BCUT2D eigenvalue weighted by Crippen LogP contribution is 2.16. The number of ether oxygens (including phenoxy) is 3. The molecule has 0 fully saturated rings. The average molecular weight is 1150 g/mol. The Kier molecular flexibility index (Phi) is 65.8. The van der Waals surface area contributed by atoms with E-state index < -0.39 is 6.10 Å². The van der Waals surface area contributed by atoms with E-state index in [2.05, 4.69) is 167 Å². The fraction of sp³-hybridized carbons (Fsp3) is 0.649. The second kappa shape index (κ2) is 69.8. The first-order valence-electron chi connectivity index (χ1n) is 34.3. The maximum absolute atomic E-state index is 12.9. The van der Waals surface area contributed by atoms with Gasteiger partial charge in [0.1, 0.15) is 13.2 Å². The fourth-order valence-electron chi connectivity index (χ4n) is 9.23. The van der Waals surface area contributed by atoms with Gasteiger partial charge < -0.3 is 14.2 Å². The van der Waals surface area contributed by atoms with E-state index in [1.165, 1.54) is 122 Å². The Balaban J connectivity index is 4.39. The molecule has 0 saturated heterocycles. The summed E-state index contributed by atoms with van der Waals surface area (Å²) in [7, 11) is 0. The van der Waals surface area contributed by atoms with Crippen LogP contribution >= 0.6 is 0 Å². The van der Waals surface area contributed by atoms with Gasteiger partial charge in [-0.15, -0.1) is 0 Å². The van der Waals surface area contributed by atoms with Crippen molar-refractivity contribution in [1.82, 2.24) is 0 Å². The van der Waals surface area contributed by atoms with Gasteiger partial charge in [-0.1, -0.05) is 289 Å². The third kappa shape index (κ3) is 68.0. The van der Waals surface area contributed by atoms with Crippen molar-refractivity contribution in [2.24, 2.45) is 0 Å². The molecule has 0 aliphatic heterocycles. The van der Waals surface area contributed by atoms with Crippen LogP contribution in [0.3, 0.4) is 0 Å². The molecule has 0 bridgehead atoms. The molecule has 0 N–H and O–H groups in total. The van der Waals surface area contributed by atoms with E-state index in [0.717, 1.165) is 135 Å². The van der Waals surface area contributed by atoms with Gasteiger partial charge in [0, 0.05) is 19.3 Å². The lowest BCUT2D eigenvalue weighted by Gasteiger charge is -2.18. The summed E-state index contributed by atoms with van der Waals surface area (Å²) in [4.78, 5) is 38.4. The van der Waals surface area contributed by atoms with E-state index in [0.29, 0.717) is 19.3 Å². The maximum Gasteiger partial charge on any atom is 0.306 e. The fourth-order valence-corrected chi connectivity index (χ4v) is 9.23. The van der Waals surface area contributed by atoms with Crippen molar-refractivity contribution in [3.63, 3.8) is 0 Å². The van der Waals surface area contributed by atoms with Gasteiger partial charge in [-0.05, 0) is 141 Å². The van der Waals surface area contributed by atoms with Crippen molar-refractivity contribution >= 4 is 17.9 Å². The Morgan fingerprint density at radius 1 is 0.253 bits per heavy atom. The van der Waals surface area contributed by atoms with Gasteiger partial charge in [0.2, 0.25) is 0 Å². The number of esters is 3. The molecule has 0 aromatic rings. The van der Waals surface area contributed by atoms with Gasteiger partial charge in [-0.2, -0.15) is 0 Å². The van der Waals surface area contributed by atoms with E-state index in [-0.39, 0.29) is 37.5 Å². The average Bonchev–Trinajstić information content (AvgIpc) is 3.49. The molecule has 0 spiro atoms. The molecule has 0 saturated carbocycles. The van der Waals surface area contributed by atoms with Crippen molar-refractivity contribution in [3.8, 4) is 0 Å². The molecule has 0 aliphatic rings. The lowest BCUT2D eigenvalue weighted by molar-refractivity contribution is -0.167. The van der Waals surface area contributed by atoms with Gasteiger partial charge in [-0.25, -0.2) is 0 Å². The molecule has 0 radical (unpaired) electrons. The number of hydrogen-bond acceptors (Lipinski definition) is 6. The van der Waals surface area contributed by atoms with Crippen LogP contribution in [0.2, 0.25) is 0 Å². The predicted molar refractivity (Wildman–Crippen MR) is 362 cm³/mol. The van der Waals surface area contributed by atoms with Gasteiger partial charge >= 0.3 is 17.9 Å². The predicted octanol–water partition coefficient (Wildman–Crippen LogP) is 23.9. The molecule has 0 heterocycles. The molecule has 83 heavy (non-hydrogen) atoms. The molecule has 0 rings (SSSR count). The number of hydrogen-bond donors (Lipinski definition) is 0. The van der Waals surface area contributed by atoms with Crippen LogP contribution in [0.1, 0.15) is 303 Å². The molecule has 0 aromatic heterocycles. The second-order valence-electron chi connectivity index (χ2n) is 22.3. The van der Waals surface area contributed by atoms with Gasteiger partial charge in [-0.3, -0.25) is 14.4 Å². The normalized spacial score (nSPS) is 13.0. The zero-order valence-corrected chi connectivity index (χ0v) is 53.9. The monoisotopic (exact) mass is 1150 g/mol. The molecule has 470 valence electrons. The van der Waals surface area contributed by atoms with Gasteiger partial charge in [0.15, 0.2) is 6.10 Å². The Hall–Kier alpha value is -4.71. The summed E-state index contributed by atoms with van der Waals surface area (Å²) in [6.45, 7) is 6.38. The Bertz CT molecular complexity index is 1800. The second-order valence-corrected chi connectivity index (χ2v) is 22.3. The van der Waals surface area contributed by atoms with Crippen molar-refractivity contribution in [2.75, 3.05) is 13.2 Å². The first-order chi connectivity index (χ1) is 41.0. The smallest absolute Gasteiger partial charge is 0.306 e. The van der Waals surface area contributed by atoms with Crippen LogP contribution in [-0.4, -0.2) is 37.2 Å². The molecule has 1 unspecified atom stereocenters. The highest BCUT2D eigenvalue weighted by Gasteiger charge is 2.19. The van der Waals surface area contributed by atoms with Crippen molar-refractivity contribution in [1.29, 1.82) is 0 Å². The van der Waals surface area contributed by atoms with E-state index in [1.807, 2.05) is 0 Å². The first kappa shape index (κ1) is 78.3. The number of carbonyl (C=O) groups is 3. The van der Waals surface area contributed by atoms with Gasteiger partial charge in [0.05, 0.1) is 0 Å². The number of rotatable bonds is 61. The van der Waals surface area contributed by atoms with Crippen LogP contribution in [0, 0.1) is 0 Å². The Morgan fingerprint density at radius 3 is 0.771 bits per heavy atom. The first-order valence-corrected chi connectivity index (χ1v) is 34.3.